The summed E-state index contributed by atoms with van der Waals surface area (Å²) in [5, 5.41) is 10.7. The van der Waals surface area contributed by atoms with Crippen LogP contribution in [0.4, 0.5) is 0 Å². The molecule has 0 unspecified atom stereocenters. The van der Waals surface area contributed by atoms with E-state index in [0.717, 1.165) is 0 Å². The molecule has 0 aliphatic heterocycles. The summed E-state index contributed by atoms with van der Waals surface area (Å²) in [5.41, 5.74) is 0. The van der Waals surface area contributed by atoms with E-state index in [4.69, 9.17) is 5.11 Å². The molecule has 0 spiro atoms. The zero-order valence-corrected chi connectivity index (χ0v) is 7.66. The van der Waals surface area contributed by atoms with Crippen molar-refractivity contribution in [3.05, 3.63) is 0 Å². The van der Waals surface area contributed by atoms with Crippen molar-refractivity contribution in [1.82, 2.24) is 5.32 Å². The highest BCUT2D eigenvalue weighted by molar-refractivity contribution is 5.89. The smallest absolute Gasteiger partial charge is 0.303 e. The number of nitrogens with one attached hydrogen (secondary N) is 1. The second-order valence-corrected chi connectivity index (χ2v) is 2.78. The molecule has 1 atom stereocenters. The van der Waals surface area contributed by atoms with Crippen molar-refractivity contribution in [2.75, 3.05) is 0 Å². The Kier molecular flexibility index (Phi) is 4.72. The number of Topliss-reactive ketones (excluding diaryl/α,β-unsaturated/α-hetero) is 1. The molecule has 0 heterocycles. The van der Waals surface area contributed by atoms with Gasteiger partial charge < -0.3 is 10.4 Å². The summed E-state index contributed by atoms with van der Waals surface area (Å²) in [6.45, 7) is 2.84. The van der Waals surface area contributed by atoms with E-state index in [1.165, 1.54) is 13.8 Å². The van der Waals surface area contributed by atoms with Gasteiger partial charge in [-0.15, -0.1) is 0 Å². The maximum absolute atomic E-state index is 11.1. The van der Waals surface area contributed by atoms with Crippen LogP contribution in [0.1, 0.15) is 26.7 Å². The second kappa shape index (κ2) is 5.29. The highest BCUT2D eigenvalue weighted by Gasteiger charge is 2.14. The number of amides is 1. The van der Waals surface area contributed by atoms with E-state index in [1.54, 1.807) is 0 Å². The monoisotopic (exact) mass is 187 g/mol. The van der Waals surface area contributed by atoms with Crippen molar-refractivity contribution in [3.63, 3.8) is 0 Å². The Labute approximate surface area is 76.1 Å². The minimum Gasteiger partial charge on any atom is -0.481 e. The third-order valence-electron chi connectivity index (χ3n) is 1.49. The minimum absolute atomic E-state index is 0.0449. The number of carboxylic acid groups (broad SMARTS) is 1. The molecule has 13 heavy (non-hydrogen) atoms. The molecule has 0 aromatic carbocycles. The van der Waals surface area contributed by atoms with Crippen molar-refractivity contribution >= 4 is 17.7 Å². The number of ketones is 1. The number of carbonyl (C=O) groups is 3. The quantitative estimate of drug-likeness (QED) is 0.631. The molecular weight excluding hydrogens is 174 g/mol. The van der Waals surface area contributed by atoms with Crippen LogP contribution in [-0.2, 0) is 14.4 Å². The zero-order valence-electron chi connectivity index (χ0n) is 7.66. The molecular formula is C8H13NO4. The van der Waals surface area contributed by atoms with Crippen molar-refractivity contribution in [3.8, 4) is 0 Å². The van der Waals surface area contributed by atoms with Gasteiger partial charge in [0.1, 0.15) is 0 Å². The molecule has 0 radical (unpaired) electrons. The number of rotatable bonds is 5. The van der Waals surface area contributed by atoms with Gasteiger partial charge in [-0.25, -0.2) is 0 Å². The summed E-state index contributed by atoms with van der Waals surface area (Å²) in [6, 6.07) is -0.600. The van der Waals surface area contributed by atoms with Gasteiger partial charge in [0.05, 0.1) is 12.5 Å². The molecule has 5 heteroatoms. The molecule has 0 bridgehead atoms. The molecule has 0 saturated heterocycles. The van der Waals surface area contributed by atoms with Crippen LogP contribution in [0.25, 0.3) is 0 Å². The largest absolute Gasteiger partial charge is 0.481 e. The first-order chi connectivity index (χ1) is 5.93. The number of hydrogen-bond acceptors (Lipinski definition) is 3. The van der Waals surface area contributed by atoms with E-state index in [2.05, 4.69) is 5.32 Å². The predicted octanol–water partition coefficient (Wildman–Crippen LogP) is -0.0551. The summed E-state index contributed by atoms with van der Waals surface area (Å²) < 4.78 is 0. The predicted molar refractivity (Wildman–Crippen MR) is 45.2 cm³/mol. The molecule has 74 valence electrons. The number of carbonyl (C=O) groups excluding carboxylic acids is 2. The Morgan fingerprint density at radius 2 is 1.85 bits per heavy atom. The molecule has 0 rings (SSSR count). The van der Waals surface area contributed by atoms with E-state index in [1.807, 2.05) is 0 Å². The average Bonchev–Trinajstić information content (AvgIpc) is 1.98. The molecule has 0 fully saturated rings. The summed E-state index contributed by atoms with van der Waals surface area (Å²) in [5.74, 6) is -1.57. The van der Waals surface area contributed by atoms with Crippen LogP contribution in [0.3, 0.4) is 0 Å². The van der Waals surface area contributed by atoms with Crippen molar-refractivity contribution < 1.29 is 19.5 Å². The summed E-state index contributed by atoms with van der Waals surface area (Å²) in [6.07, 6.45) is -0.237. The van der Waals surface area contributed by atoms with Gasteiger partial charge in [0, 0.05) is 13.3 Å². The summed E-state index contributed by atoms with van der Waals surface area (Å²) in [7, 11) is 0. The van der Waals surface area contributed by atoms with Crippen LogP contribution < -0.4 is 5.32 Å². The van der Waals surface area contributed by atoms with E-state index < -0.39 is 12.0 Å². The van der Waals surface area contributed by atoms with Crippen LogP contribution >= 0.6 is 0 Å². The third-order valence-corrected chi connectivity index (χ3v) is 1.49. The van der Waals surface area contributed by atoms with Gasteiger partial charge in [-0.3, -0.25) is 14.4 Å². The lowest BCUT2D eigenvalue weighted by molar-refractivity contribution is -0.138. The fourth-order valence-electron chi connectivity index (χ4n) is 0.832. The number of hydrogen-bond donors (Lipinski definition) is 2. The fraction of sp³-hybridized carbons (Fsp3) is 0.625. The first-order valence-corrected chi connectivity index (χ1v) is 3.95. The molecule has 0 aromatic heterocycles. The van der Waals surface area contributed by atoms with Gasteiger partial charge in [0.2, 0.25) is 5.91 Å². The van der Waals surface area contributed by atoms with Gasteiger partial charge in [0.25, 0.3) is 0 Å². The molecule has 2 N–H and O–H groups in total. The van der Waals surface area contributed by atoms with E-state index in [-0.39, 0.29) is 24.5 Å². The first kappa shape index (κ1) is 11.6. The molecule has 0 aliphatic rings. The van der Waals surface area contributed by atoms with Crippen LogP contribution in [0.2, 0.25) is 0 Å². The fourth-order valence-corrected chi connectivity index (χ4v) is 0.832. The third kappa shape index (κ3) is 5.84. The first-order valence-electron chi connectivity index (χ1n) is 3.95. The van der Waals surface area contributed by atoms with Crippen LogP contribution in [0.15, 0.2) is 0 Å². The van der Waals surface area contributed by atoms with Gasteiger partial charge in [0.15, 0.2) is 5.78 Å². The molecule has 0 aliphatic carbocycles. The number of aliphatic carboxylic acids is 1. The Balaban J connectivity index is 3.82. The summed E-state index contributed by atoms with van der Waals surface area (Å²) in [4.78, 5) is 31.7. The van der Waals surface area contributed by atoms with Crippen LogP contribution in [0.5, 0.6) is 0 Å². The van der Waals surface area contributed by atoms with E-state index >= 15 is 0 Å². The maximum atomic E-state index is 11.1. The summed E-state index contributed by atoms with van der Waals surface area (Å²) >= 11 is 0. The van der Waals surface area contributed by atoms with Crippen molar-refractivity contribution in [2.24, 2.45) is 0 Å². The highest BCUT2D eigenvalue weighted by atomic mass is 16.4. The highest BCUT2D eigenvalue weighted by Crippen LogP contribution is 1.95. The Morgan fingerprint density at radius 1 is 1.31 bits per heavy atom. The molecule has 0 aromatic rings. The van der Waals surface area contributed by atoms with Gasteiger partial charge >= 0.3 is 5.97 Å². The number of carboxylic acids is 1. The zero-order chi connectivity index (χ0) is 10.4. The lowest BCUT2D eigenvalue weighted by atomic mass is 10.1. The Bertz CT molecular complexity index is 224. The van der Waals surface area contributed by atoms with Crippen molar-refractivity contribution in [1.29, 1.82) is 0 Å². The standard InChI is InChI=1S/C8H13NO4/c1-5(9-6(2)10)7(11)3-4-8(12)13/h5H,3-4H2,1-2H3,(H,9,10)(H,12,13)/t5-/m1/s1. The van der Waals surface area contributed by atoms with Gasteiger partial charge in [-0.05, 0) is 6.92 Å². The van der Waals surface area contributed by atoms with E-state index in [9.17, 15) is 14.4 Å². The average molecular weight is 187 g/mol. The normalized spacial score (nSPS) is 11.8. The lowest BCUT2D eigenvalue weighted by Gasteiger charge is -2.09. The van der Waals surface area contributed by atoms with Gasteiger partial charge in [-0.1, -0.05) is 0 Å². The van der Waals surface area contributed by atoms with Crippen LogP contribution in [-0.4, -0.2) is 28.8 Å². The topological polar surface area (TPSA) is 83.5 Å². The second-order valence-electron chi connectivity index (χ2n) is 2.78. The molecule has 0 saturated carbocycles. The Hall–Kier alpha value is -1.39. The molecule has 1 amide bonds. The van der Waals surface area contributed by atoms with Crippen molar-refractivity contribution in [2.45, 2.75) is 32.7 Å². The SMILES string of the molecule is CC(=O)N[C@H](C)C(=O)CCC(=O)O. The van der Waals surface area contributed by atoms with Gasteiger partial charge in [-0.2, -0.15) is 0 Å². The molecule has 5 nitrogen and oxygen atoms in total. The van der Waals surface area contributed by atoms with Crippen LogP contribution in [0, 0.1) is 0 Å². The lowest BCUT2D eigenvalue weighted by Crippen LogP contribution is -2.37. The Morgan fingerprint density at radius 3 is 2.23 bits per heavy atom. The minimum atomic E-state index is -1.01. The maximum Gasteiger partial charge on any atom is 0.303 e. The van der Waals surface area contributed by atoms with E-state index in [0.29, 0.717) is 0 Å².